The number of likely N-dealkylation sites (tertiary alicyclic amines) is 1. The van der Waals surface area contributed by atoms with Gasteiger partial charge in [0.05, 0.1) is 6.54 Å². The van der Waals surface area contributed by atoms with Gasteiger partial charge in [0.25, 0.3) is 0 Å². The molecule has 1 aliphatic rings. The van der Waals surface area contributed by atoms with E-state index in [1.807, 2.05) is 43.3 Å². The Kier molecular flexibility index (Phi) is 4.13. The van der Waals surface area contributed by atoms with Gasteiger partial charge in [-0.15, -0.1) is 0 Å². The fraction of sp³-hybridized carbons (Fsp3) is 0.389. The molecular formula is C18H20N4O2. The van der Waals surface area contributed by atoms with Crippen molar-refractivity contribution in [3.63, 3.8) is 0 Å². The van der Waals surface area contributed by atoms with E-state index in [2.05, 4.69) is 20.2 Å². The van der Waals surface area contributed by atoms with Gasteiger partial charge >= 0.3 is 0 Å². The lowest BCUT2D eigenvalue weighted by Crippen LogP contribution is -2.34. The number of benzene rings is 1. The first kappa shape index (κ1) is 15.1. The van der Waals surface area contributed by atoms with Crippen LogP contribution in [0.2, 0.25) is 0 Å². The van der Waals surface area contributed by atoms with Gasteiger partial charge < -0.3 is 9.05 Å². The molecule has 0 aliphatic carbocycles. The molecule has 1 aromatic carbocycles. The van der Waals surface area contributed by atoms with Crippen molar-refractivity contribution in [2.75, 3.05) is 13.1 Å². The molecule has 0 saturated carbocycles. The van der Waals surface area contributed by atoms with Crippen molar-refractivity contribution in [2.45, 2.75) is 32.2 Å². The van der Waals surface area contributed by atoms with Gasteiger partial charge in [0.1, 0.15) is 5.69 Å². The van der Waals surface area contributed by atoms with Crippen molar-refractivity contribution in [1.82, 2.24) is 20.2 Å². The molecule has 0 N–H and O–H groups in total. The third-order valence-corrected chi connectivity index (χ3v) is 4.42. The second-order valence-electron chi connectivity index (χ2n) is 6.29. The van der Waals surface area contributed by atoms with Crippen LogP contribution >= 0.6 is 0 Å². The molecule has 0 bridgehead atoms. The molecule has 6 nitrogen and oxygen atoms in total. The zero-order valence-electron chi connectivity index (χ0n) is 13.7. The Morgan fingerprint density at radius 3 is 2.83 bits per heavy atom. The van der Waals surface area contributed by atoms with Crippen molar-refractivity contribution in [2.24, 2.45) is 0 Å². The summed E-state index contributed by atoms with van der Waals surface area (Å²) in [6.07, 6.45) is 2.22. The lowest BCUT2D eigenvalue weighted by atomic mass is 9.97. The second-order valence-corrected chi connectivity index (χ2v) is 6.29. The Balaban J connectivity index is 1.43. The summed E-state index contributed by atoms with van der Waals surface area (Å²) in [5, 5.41) is 8.27. The smallest absolute Gasteiger partial charge is 0.223 e. The molecule has 3 aromatic rings. The average molecular weight is 324 g/mol. The zero-order valence-corrected chi connectivity index (χ0v) is 13.7. The van der Waals surface area contributed by atoms with E-state index in [0.29, 0.717) is 11.8 Å². The van der Waals surface area contributed by atoms with E-state index in [1.54, 1.807) is 0 Å². The van der Waals surface area contributed by atoms with Crippen LogP contribution in [-0.4, -0.2) is 33.3 Å². The molecule has 1 fully saturated rings. The third kappa shape index (κ3) is 3.23. The number of aromatic nitrogens is 3. The van der Waals surface area contributed by atoms with Crippen LogP contribution in [0.25, 0.3) is 11.3 Å². The number of hydrogen-bond donors (Lipinski definition) is 0. The van der Waals surface area contributed by atoms with E-state index < -0.39 is 0 Å². The summed E-state index contributed by atoms with van der Waals surface area (Å²) in [5.41, 5.74) is 1.96. The summed E-state index contributed by atoms with van der Waals surface area (Å²) < 4.78 is 10.6. The highest BCUT2D eigenvalue weighted by molar-refractivity contribution is 5.58. The van der Waals surface area contributed by atoms with Crippen LogP contribution in [0.1, 0.15) is 36.2 Å². The van der Waals surface area contributed by atoms with Crippen LogP contribution in [0.3, 0.4) is 0 Å². The molecule has 4 rings (SSSR count). The van der Waals surface area contributed by atoms with Gasteiger partial charge in [-0.3, -0.25) is 4.90 Å². The average Bonchev–Trinajstić information content (AvgIpc) is 3.25. The number of piperidine rings is 1. The Morgan fingerprint density at radius 2 is 2.04 bits per heavy atom. The Labute approximate surface area is 140 Å². The first-order chi connectivity index (χ1) is 11.8. The van der Waals surface area contributed by atoms with E-state index in [4.69, 9.17) is 9.05 Å². The molecule has 1 atom stereocenters. The summed E-state index contributed by atoms with van der Waals surface area (Å²) in [6, 6.07) is 12.1. The van der Waals surface area contributed by atoms with Gasteiger partial charge in [-0.1, -0.05) is 40.6 Å². The van der Waals surface area contributed by atoms with Crippen LogP contribution < -0.4 is 0 Å². The number of rotatable bonds is 4. The fourth-order valence-electron chi connectivity index (χ4n) is 3.24. The molecule has 0 spiro atoms. The Hall–Kier alpha value is -2.47. The second kappa shape index (κ2) is 6.57. The summed E-state index contributed by atoms with van der Waals surface area (Å²) >= 11 is 0. The first-order valence-corrected chi connectivity index (χ1v) is 8.31. The monoisotopic (exact) mass is 324 g/mol. The van der Waals surface area contributed by atoms with E-state index in [9.17, 15) is 0 Å². The fourth-order valence-corrected chi connectivity index (χ4v) is 3.24. The van der Waals surface area contributed by atoms with Crippen molar-refractivity contribution >= 4 is 0 Å². The number of aryl methyl sites for hydroxylation is 1. The molecular weight excluding hydrogens is 304 g/mol. The van der Waals surface area contributed by atoms with Gasteiger partial charge in [0.2, 0.25) is 5.89 Å². The maximum atomic E-state index is 5.53. The topological polar surface area (TPSA) is 68.2 Å². The molecule has 2 aromatic heterocycles. The predicted octanol–water partition coefficient (Wildman–Crippen LogP) is 3.41. The molecule has 3 heterocycles. The van der Waals surface area contributed by atoms with E-state index in [1.165, 1.54) is 0 Å². The summed E-state index contributed by atoms with van der Waals surface area (Å²) in [6.45, 7) is 4.55. The minimum atomic E-state index is 0.327. The summed E-state index contributed by atoms with van der Waals surface area (Å²) in [5.74, 6) is 2.66. The lowest BCUT2D eigenvalue weighted by molar-refractivity contribution is 0.176. The minimum absolute atomic E-state index is 0.327. The lowest BCUT2D eigenvalue weighted by Gasteiger charge is -2.30. The summed E-state index contributed by atoms with van der Waals surface area (Å²) in [7, 11) is 0. The Bertz CT molecular complexity index is 796. The zero-order chi connectivity index (χ0) is 16.4. The van der Waals surface area contributed by atoms with Gasteiger partial charge in [0.15, 0.2) is 11.6 Å². The van der Waals surface area contributed by atoms with Gasteiger partial charge in [-0.2, -0.15) is 4.98 Å². The maximum absolute atomic E-state index is 5.53. The molecule has 24 heavy (non-hydrogen) atoms. The molecule has 124 valence electrons. The predicted molar refractivity (Wildman–Crippen MR) is 88.2 cm³/mol. The number of hydrogen-bond acceptors (Lipinski definition) is 6. The Morgan fingerprint density at radius 1 is 1.17 bits per heavy atom. The van der Waals surface area contributed by atoms with Gasteiger partial charge in [0, 0.05) is 31.0 Å². The normalized spacial score (nSPS) is 18.8. The van der Waals surface area contributed by atoms with Crippen LogP contribution in [0, 0.1) is 6.92 Å². The van der Waals surface area contributed by atoms with E-state index in [-0.39, 0.29) is 0 Å². The largest absolute Gasteiger partial charge is 0.359 e. The highest BCUT2D eigenvalue weighted by Gasteiger charge is 2.25. The highest BCUT2D eigenvalue weighted by atomic mass is 16.5. The van der Waals surface area contributed by atoms with Crippen molar-refractivity contribution in [1.29, 1.82) is 0 Å². The standard InChI is InChI=1S/C18H20N4O2/c1-13-19-18(21-23-13)15-8-5-9-22(11-15)12-16-10-17(20-24-16)14-6-3-2-4-7-14/h2-4,6-7,10,15H,5,8-9,11-12H2,1H3/t15-/m0/s1. The summed E-state index contributed by atoms with van der Waals surface area (Å²) in [4.78, 5) is 6.75. The van der Waals surface area contributed by atoms with Crippen LogP contribution in [-0.2, 0) is 6.54 Å². The molecule has 0 unspecified atom stereocenters. The molecule has 1 aliphatic heterocycles. The molecule has 0 radical (unpaired) electrons. The first-order valence-electron chi connectivity index (χ1n) is 8.31. The quantitative estimate of drug-likeness (QED) is 0.732. The molecule has 1 saturated heterocycles. The van der Waals surface area contributed by atoms with E-state index >= 15 is 0 Å². The van der Waals surface area contributed by atoms with Crippen LogP contribution in [0.15, 0.2) is 45.4 Å². The highest BCUT2D eigenvalue weighted by Crippen LogP contribution is 2.26. The SMILES string of the molecule is Cc1nc([C@H]2CCCN(Cc3cc(-c4ccccc4)no3)C2)no1. The van der Waals surface area contributed by atoms with Crippen LogP contribution in [0.5, 0.6) is 0 Å². The van der Waals surface area contributed by atoms with Crippen molar-refractivity contribution in [3.05, 3.63) is 53.9 Å². The van der Waals surface area contributed by atoms with E-state index in [0.717, 1.165) is 55.3 Å². The van der Waals surface area contributed by atoms with Gasteiger partial charge in [-0.05, 0) is 19.4 Å². The third-order valence-electron chi connectivity index (χ3n) is 4.42. The van der Waals surface area contributed by atoms with Crippen LogP contribution in [0.4, 0.5) is 0 Å². The minimum Gasteiger partial charge on any atom is -0.359 e. The maximum Gasteiger partial charge on any atom is 0.223 e. The van der Waals surface area contributed by atoms with Crippen molar-refractivity contribution < 1.29 is 9.05 Å². The molecule has 0 amide bonds. The van der Waals surface area contributed by atoms with Crippen molar-refractivity contribution in [3.8, 4) is 11.3 Å². The number of nitrogens with zero attached hydrogens (tertiary/aromatic N) is 4. The molecule has 6 heteroatoms. The van der Waals surface area contributed by atoms with Gasteiger partial charge in [-0.25, -0.2) is 0 Å².